The fraction of sp³-hybridized carbons (Fsp3) is 0.700. The Hall–Kier alpha value is -1.03. The third kappa shape index (κ3) is 1.90. The number of hydrogen-bond donors (Lipinski definition) is 2. The molecule has 4 nitrogen and oxygen atoms in total. The maximum absolute atomic E-state index is 4.33. The number of aryl methyl sites for hydroxylation is 1. The van der Waals surface area contributed by atoms with Crippen molar-refractivity contribution in [2.75, 3.05) is 25.0 Å². The van der Waals surface area contributed by atoms with Gasteiger partial charge in [-0.2, -0.15) is 0 Å². The number of nitrogens with one attached hydrogen (secondary N) is 2. The maximum Gasteiger partial charge on any atom is 0.202 e. The normalized spacial score (nSPS) is 22.3. The van der Waals surface area contributed by atoms with E-state index in [1.54, 1.807) is 0 Å². The lowest BCUT2D eigenvalue weighted by atomic mass is 10.1. The number of likely N-dealkylation sites (N-methyl/N-ethyl adjacent to an activating group) is 1. The van der Waals surface area contributed by atoms with E-state index in [0.29, 0.717) is 6.04 Å². The van der Waals surface area contributed by atoms with Crippen LogP contribution >= 0.6 is 0 Å². The summed E-state index contributed by atoms with van der Waals surface area (Å²) in [4.78, 5) is 9.83. The third-order valence-corrected chi connectivity index (χ3v) is 2.84. The highest BCUT2D eigenvalue weighted by molar-refractivity contribution is 5.31. The Morgan fingerprint density at radius 3 is 3.00 bits per heavy atom. The van der Waals surface area contributed by atoms with E-state index in [9.17, 15) is 0 Å². The Morgan fingerprint density at radius 1 is 1.57 bits per heavy atom. The number of hydrogen-bond acceptors (Lipinski definition) is 3. The molecule has 0 aromatic carbocycles. The molecule has 0 radical (unpaired) electrons. The van der Waals surface area contributed by atoms with Gasteiger partial charge >= 0.3 is 0 Å². The van der Waals surface area contributed by atoms with Gasteiger partial charge in [0.1, 0.15) is 0 Å². The summed E-state index contributed by atoms with van der Waals surface area (Å²) in [6.07, 6.45) is 4.39. The fourth-order valence-electron chi connectivity index (χ4n) is 1.92. The van der Waals surface area contributed by atoms with Crippen molar-refractivity contribution in [1.82, 2.24) is 15.3 Å². The summed E-state index contributed by atoms with van der Waals surface area (Å²) in [5, 5.41) is 3.41. The van der Waals surface area contributed by atoms with E-state index >= 15 is 0 Å². The van der Waals surface area contributed by atoms with Crippen LogP contribution in [0.4, 0.5) is 5.95 Å². The lowest BCUT2D eigenvalue weighted by Crippen LogP contribution is -2.44. The van der Waals surface area contributed by atoms with Crippen molar-refractivity contribution < 1.29 is 0 Å². The average Bonchev–Trinajstić information content (AvgIpc) is 2.65. The van der Waals surface area contributed by atoms with Gasteiger partial charge in [0.25, 0.3) is 0 Å². The second-order valence-electron chi connectivity index (χ2n) is 4.00. The molecule has 2 heterocycles. The van der Waals surface area contributed by atoms with Crippen molar-refractivity contribution in [3.05, 3.63) is 11.9 Å². The number of aromatic amines is 1. The van der Waals surface area contributed by atoms with Crippen LogP contribution in [0.5, 0.6) is 0 Å². The van der Waals surface area contributed by atoms with Crippen LogP contribution in [0, 0.1) is 6.92 Å². The van der Waals surface area contributed by atoms with E-state index in [2.05, 4.69) is 27.2 Å². The zero-order valence-corrected chi connectivity index (χ0v) is 8.88. The van der Waals surface area contributed by atoms with Crippen molar-refractivity contribution >= 4 is 5.95 Å². The smallest absolute Gasteiger partial charge is 0.202 e. The number of rotatable bonds is 2. The first kappa shape index (κ1) is 9.52. The van der Waals surface area contributed by atoms with Crippen LogP contribution in [-0.2, 0) is 0 Å². The summed E-state index contributed by atoms with van der Waals surface area (Å²) in [7, 11) is 2.11. The van der Waals surface area contributed by atoms with Gasteiger partial charge < -0.3 is 15.2 Å². The Labute approximate surface area is 84.7 Å². The molecule has 1 atom stereocenters. The monoisotopic (exact) mass is 194 g/mol. The molecule has 1 aliphatic rings. The number of nitrogens with zero attached hydrogens (tertiary/aromatic N) is 2. The van der Waals surface area contributed by atoms with Crippen LogP contribution in [0.25, 0.3) is 0 Å². The minimum atomic E-state index is 0.578. The van der Waals surface area contributed by atoms with E-state index in [0.717, 1.165) is 24.7 Å². The second-order valence-corrected chi connectivity index (χ2v) is 4.00. The molecule has 1 fully saturated rings. The Balaban J connectivity index is 2.03. The van der Waals surface area contributed by atoms with Crippen LogP contribution in [0.1, 0.15) is 18.5 Å². The first-order valence-electron chi connectivity index (χ1n) is 5.22. The molecule has 0 amide bonds. The van der Waals surface area contributed by atoms with E-state index in [-0.39, 0.29) is 0 Å². The summed E-state index contributed by atoms with van der Waals surface area (Å²) in [6.45, 7) is 4.25. The number of imidazole rings is 1. The van der Waals surface area contributed by atoms with Gasteiger partial charge in [0.05, 0.1) is 0 Å². The molecule has 78 valence electrons. The molecule has 0 aliphatic carbocycles. The van der Waals surface area contributed by atoms with Crippen molar-refractivity contribution in [3.63, 3.8) is 0 Å². The van der Waals surface area contributed by atoms with E-state index < -0.39 is 0 Å². The SMILES string of the molecule is Cc1cnc(N(C)C2CCCNC2)[nH]1. The molecule has 2 N–H and O–H groups in total. The minimum Gasteiger partial charge on any atom is -0.341 e. The maximum atomic E-state index is 4.33. The zero-order chi connectivity index (χ0) is 9.97. The average molecular weight is 194 g/mol. The molecule has 0 spiro atoms. The zero-order valence-electron chi connectivity index (χ0n) is 8.88. The Kier molecular flexibility index (Phi) is 2.72. The molecule has 1 unspecified atom stereocenters. The molecular formula is C10H18N4. The van der Waals surface area contributed by atoms with Crippen molar-refractivity contribution in [2.45, 2.75) is 25.8 Å². The number of piperidine rings is 1. The first-order valence-corrected chi connectivity index (χ1v) is 5.22. The van der Waals surface area contributed by atoms with Crippen molar-refractivity contribution in [2.24, 2.45) is 0 Å². The van der Waals surface area contributed by atoms with Crippen LogP contribution in [0.3, 0.4) is 0 Å². The van der Waals surface area contributed by atoms with Crippen LogP contribution in [-0.4, -0.2) is 36.1 Å². The topological polar surface area (TPSA) is 44.0 Å². The van der Waals surface area contributed by atoms with Gasteiger partial charge in [-0.15, -0.1) is 0 Å². The highest BCUT2D eigenvalue weighted by atomic mass is 15.3. The second kappa shape index (κ2) is 4.00. The molecule has 2 rings (SSSR count). The number of aromatic nitrogens is 2. The standard InChI is InChI=1S/C10H18N4/c1-8-6-12-10(13-8)14(2)9-4-3-5-11-7-9/h6,9,11H,3-5,7H2,1-2H3,(H,12,13). The van der Waals surface area contributed by atoms with Gasteiger partial charge in [0, 0.05) is 31.5 Å². The van der Waals surface area contributed by atoms with Crippen LogP contribution in [0.15, 0.2) is 6.20 Å². The number of anilines is 1. The van der Waals surface area contributed by atoms with Gasteiger partial charge in [-0.05, 0) is 26.3 Å². The summed E-state index contributed by atoms with van der Waals surface area (Å²) in [5.41, 5.74) is 1.12. The van der Waals surface area contributed by atoms with Crippen molar-refractivity contribution in [3.8, 4) is 0 Å². The molecule has 14 heavy (non-hydrogen) atoms. The van der Waals surface area contributed by atoms with Gasteiger partial charge in [-0.25, -0.2) is 4.98 Å². The molecule has 4 heteroatoms. The predicted molar refractivity (Wildman–Crippen MR) is 57.6 cm³/mol. The van der Waals surface area contributed by atoms with E-state index in [1.807, 2.05) is 13.1 Å². The molecule has 1 aromatic rings. The summed E-state index contributed by atoms with van der Waals surface area (Å²) in [6, 6.07) is 0.578. The highest BCUT2D eigenvalue weighted by Gasteiger charge is 2.19. The van der Waals surface area contributed by atoms with Crippen LogP contribution in [0.2, 0.25) is 0 Å². The van der Waals surface area contributed by atoms with Gasteiger partial charge in [0.2, 0.25) is 5.95 Å². The summed E-state index contributed by atoms with van der Waals surface area (Å²) < 4.78 is 0. The van der Waals surface area contributed by atoms with Gasteiger partial charge in [-0.1, -0.05) is 0 Å². The largest absolute Gasteiger partial charge is 0.341 e. The minimum absolute atomic E-state index is 0.578. The van der Waals surface area contributed by atoms with E-state index in [4.69, 9.17) is 0 Å². The first-order chi connectivity index (χ1) is 6.77. The van der Waals surface area contributed by atoms with Crippen LogP contribution < -0.4 is 10.2 Å². The quantitative estimate of drug-likeness (QED) is 0.735. The molecule has 1 aliphatic heterocycles. The molecular weight excluding hydrogens is 176 g/mol. The van der Waals surface area contributed by atoms with E-state index in [1.165, 1.54) is 12.8 Å². The lowest BCUT2D eigenvalue weighted by Gasteiger charge is -2.31. The Morgan fingerprint density at radius 2 is 2.43 bits per heavy atom. The third-order valence-electron chi connectivity index (χ3n) is 2.84. The molecule has 0 bridgehead atoms. The molecule has 1 saturated heterocycles. The molecule has 0 saturated carbocycles. The Bertz CT molecular complexity index is 288. The summed E-state index contributed by atoms with van der Waals surface area (Å²) in [5.74, 6) is 0.983. The highest BCUT2D eigenvalue weighted by Crippen LogP contribution is 2.14. The molecule has 1 aromatic heterocycles. The van der Waals surface area contributed by atoms with Crippen molar-refractivity contribution in [1.29, 1.82) is 0 Å². The predicted octanol–water partition coefficient (Wildman–Crippen LogP) is 0.906. The summed E-state index contributed by atoms with van der Waals surface area (Å²) >= 11 is 0. The van der Waals surface area contributed by atoms with Gasteiger partial charge in [0.15, 0.2) is 0 Å². The lowest BCUT2D eigenvalue weighted by molar-refractivity contribution is 0.442. The van der Waals surface area contributed by atoms with Gasteiger partial charge in [-0.3, -0.25) is 0 Å². The number of H-pyrrole nitrogens is 1. The fourth-order valence-corrected chi connectivity index (χ4v) is 1.92.